The first kappa shape index (κ1) is 11.2. The zero-order chi connectivity index (χ0) is 11.7. The average Bonchev–Trinajstić information content (AvgIpc) is 2.97. The molecule has 0 saturated heterocycles. The second-order valence-corrected chi connectivity index (χ2v) is 6.09. The van der Waals surface area contributed by atoms with E-state index < -0.39 is 0 Å². The first-order chi connectivity index (χ1) is 8.34. The molecule has 2 heteroatoms. The van der Waals surface area contributed by atoms with Gasteiger partial charge in [0, 0.05) is 10.7 Å². The third-order valence-corrected chi connectivity index (χ3v) is 4.95. The van der Waals surface area contributed by atoms with Gasteiger partial charge in [-0.3, -0.25) is 0 Å². The minimum absolute atomic E-state index is 0.223. The van der Waals surface area contributed by atoms with Gasteiger partial charge in [0.2, 0.25) is 0 Å². The highest BCUT2D eigenvalue weighted by Gasteiger charge is 2.20. The van der Waals surface area contributed by atoms with Gasteiger partial charge in [0.1, 0.15) is 0 Å². The summed E-state index contributed by atoms with van der Waals surface area (Å²) < 4.78 is 1.39. The SMILES string of the molecule is NC(CC1CCCC1)c1cccc2ccsc12. The van der Waals surface area contributed by atoms with Gasteiger partial charge in [-0.15, -0.1) is 11.3 Å². The minimum atomic E-state index is 0.223. The molecule has 1 heterocycles. The lowest BCUT2D eigenvalue weighted by atomic mass is 9.94. The van der Waals surface area contributed by atoms with Crippen LogP contribution in [0.3, 0.4) is 0 Å². The van der Waals surface area contributed by atoms with Crippen molar-refractivity contribution >= 4 is 21.4 Å². The van der Waals surface area contributed by atoms with Crippen LogP contribution in [0, 0.1) is 5.92 Å². The Hall–Kier alpha value is -0.860. The molecule has 0 radical (unpaired) electrons. The summed E-state index contributed by atoms with van der Waals surface area (Å²) in [6.45, 7) is 0. The van der Waals surface area contributed by atoms with Crippen LogP contribution in [0.2, 0.25) is 0 Å². The monoisotopic (exact) mass is 245 g/mol. The van der Waals surface area contributed by atoms with Crippen molar-refractivity contribution in [2.75, 3.05) is 0 Å². The molecule has 0 bridgehead atoms. The largest absolute Gasteiger partial charge is 0.324 e. The van der Waals surface area contributed by atoms with E-state index in [1.54, 1.807) is 0 Å². The molecule has 2 N–H and O–H groups in total. The third-order valence-electron chi connectivity index (χ3n) is 3.97. The Labute approximate surface area is 107 Å². The van der Waals surface area contributed by atoms with E-state index in [1.165, 1.54) is 41.3 Å². The molecule has 1 aliphatic rings. The second-order valence-electron chi connectivity index (χ2n) is 5.18. The van der Waals surface area contributed by atoms with Crippen molar-refractivity contribution in [2.45, 2.75) is 38.1 Å². The normalized spacial score (nSPS) is 18.9. The highest BCUT2D eigenvalue weighted by atomic mass is 32.1. The van der Waals surface area contributed by atoms with Crippen molar-refractivity contribution in [2.24, 2.45) is 11.7 Å². The highest BCUT2D eigenvalue weighted by Crippen LogP contribution is 2.35. The van der Waals surface area contributed by atoms with E-state index >= 15 is 0 Å². The molecule has 0 amide bonds. The van der Waals surface area contributed by atoms with E-state index in [4.69, 9.17) is 5.73 Å². The Morgan fingerprint density at radius 3 is 2.88 bits per heavy atom. The van der Waals surface area contributed by atoms with Crippen molar-refractivity contribution in [1.29, 1.82) is 0 Å². The van der Waals surface area contributed by atoms with Crippen LogP contribution in [0.4, 0.5) is 0 Å². The Morgan fingerprint density at radius 2 is 2.06 bits per heavy atom. The van der Waals surface area contributed by atoms with Gasteiger partial charge in [0.05, 0.1) is 0 Å². The molecule has 90 valence electrons. The van der Waals surface area contributed by atoms with Crippen LogP contribution < -0.4 is 5.73 Å². The average molecular weight is 245 g/mol. The van der Waals surface area contributed by atoms with Gasteiger partial charge in [0.15, 0.2) is 0 Å². The second kappa shape index (κ2) is 4.79. The minimum Gasteiger partial charge on any atom is -0.324 e. The lowest BCUT2D eigenvalue weighted by Gasteiger charge is -2.17. The van der Waals surface area contributed by atoms with E-state index in [0.29, 0.717) is 0 Å². The quantitative estimate of drug-likeness (QED) is 0.847. The molecule has 1 aromatic carbocycles. The number of fused-ring (bicyclic) bond motifs is 1. The summed E-state index contributed by atoms with van der Waals surface area (Å²) in [5.74, 6) is 0.861. The first-order valence-electron chi connectivity index (χ1n) is 6.56. The molecule has 1 aromatic heterocycles. The number of nitrogens with two attached hydrogens (primary N) is 1. The summed E-state index contributed by atoms with van der Waals surface area (Å²) in [6.07, 6.45) is 6.74. The third kappa shape index (κ3) is 2.24. The fourth-order valence-corrected chi connectivity index (χ4v) is 4.02. The Bertz CT molecular complexity index is 496. The van der Waals surface area contributed by atoms with Crippen LogP contribution in [0.15, 0.2) is 29.6 Å². The van der Waals surface area contributed by atoms with Crippen LogP contribution in [0.25, 0.3) is 10.1 Å². The number of thiophene rings is 1. The van der Waals surface area contributed by atoms with Crippen molar-refractivity contribution < 1.29 is 0 Å². The van der Waals surface area contributed by atoms with Gasteiger partial charge in [-0.1, -0.05) is 43.9 Å². The zero-order valence-electron chi connectivity index (χ0n) is 10.1. The van der Waals surface area contributed by atoms with Crippen molar-refractivity contribution in [3.05, 3.63) is 35.2 Å². The predicted octanol–water partition coefficient (Wildman–Crippen LogP) is 4.48. The number of benzene rings is 1. The number of hydrogen-bond acceptors (Lipinski definition) is 2. The molecule has 1 aliphatic carbocycles. The van der Waals surface area contributed by atoms with Crippen LogP contribution >= 0.6 is 11.3 Å². The van der Waals surface area contributed by atoms with E-state index in [-0.39, 0.29) is 6.04 Å². The molecular weight excluding hydrogens is 226 g/mol. The summed E-state index contributed by atoms with van der Waals surface area (Å²) >= 11 is 1.82. The summed E-state index contributed by atoms with van der Waals surface area (Å²) in [6, 6.07) is 8.93. The summed E-state index contributed by atoms with van der Waals surface area (Å²) in [4.78, 5) is 0. The molecule has 1 nitrogen and oxygen atoms in total. The lowest BCUT2D eigenvalue weighted by Crippen LogP contribution is -2.14. The summed E-state index contributed by atoms with van der Waals surface area (Å²) in [5, 5.41) is 3.51. The molecule has 1 saturated carbocycles. The Balaban J connectivity index is 1.84. The van der Waals surface area contributed by atoms with E-state index in [9.17, 15) is 0 Å². The molecule has 1 unspecified atom stereocenters. The van der Waals surface area contributed by atoms with E-state index in [1.807, 2.05) is 11.3 Å². The van der Waals surface area contributed by atoms with Crippen LogP contribution in [-0.4, -0.2) is 0 Å². The van der Waals surface area contributed by atoms with Gasteiger partial charge in [-0.2, -0.15) is 0 Å². The van der Waals surface area contributed by atoms with Gasteiger partial charge < -0.3 is 5.73 Å². The molecule has 17 heavy (non-hydrogen) atoms. The van der Waals surface area contributed by atoms with Crippen molar-refractivity contribution in [1.82, 2.24) is 0 Å². The molecular formula is C15H19NS. The van der Waals surface area contributed by atoms with Gasteiger partial charge in [-0.05, 0) is 34.7 Å². The Kier molecular flexibility index (Phi) is 3.17. The van der Waals surface area contributed by atoms with Gasteiger partial charge >= 0.3 is 0 Å². The summed E-state index contributed by atoms with van der Waals surface area (Å²) in [7, 11) is 0. The molecule has 1 atom stereocenters. The summed E-state index contributed by atoms with van der Waals surface area (Å²) in [5.41, 5.74) is 7.76. The molecule has 0 spiro atoms. The zero-order valence-corrected chi connectivity index (χ0v) is 10.9. The van der Waals surface area contributed by atoms with Crippen LogP contribution in [0.1, 0.15) is 43.7 Å². The van der Waals surface area contributed by atoms with Crippen molar-refractivity contribution in [3.8, 4) is 0 Å². The van der Waals surface area contributed by atoms with Crippen LogP contribution in [0.5, 0.6) is 0 Å². The fraction of sp³-hybridized carbons (Fsp3) is 0.467. The standard InChI is InChI=1S/C15H19NS/c16-14(10-11-4-1-2-5-11)13-7-3-6-12-8-9-17-15(12)13/h3,6-9,11,14H,1-2,4-5,10,16H2. The maximum Gasteiger partial charge on any atom is 0.0390 e. The lowest BCUT2D eigenvalue weighted by molar-refractivity contribution is 0.452. The van der Waals surface area contributed by atoms with Gasteiger partial charge in [0.25, 0.3) is 0 Å². The fourth-order valence-electron chi connectivity index (χ4n) is 3.04. The first-order valence-corrected chi connectivity index (χ1v) is 7.44. The van der Waals surface area contributed by atoms with Crippen LogP contribution in [-0.2, 0) is 0 Å². The number of hydrogen-bond donors (Lipinski definition) is 1. The molecule has 3 rings (SSSR count). The predicted molar refractivity (Wildman–Crippen MR) is 75.3 cm³/mol. The Morgan fingerprint density at radius 1 is 1.24 bits per heavy atom. The van der Waals surface area contributed by atoms with E-state index in [0.717, 1.165) is 12.3 Å². The highest BCUT2D eigenvalue weighted by molar-refractivity contribution is 7.17. The smallest absolute Gasteiger partial charge is 0.0390 e. The molecule has 1 fully saturated rings. The molecule has 2 aromatic rings. The maximum absolute atomic E-state index is 6.41. The van der Waals surface area contributed by atoms with Crippen molar-refractivity contribution in [3.63, 3.8) is 0 Å². The van der Waals surface area contributed by atoms with Gasteiger partial charge in [-0.25, -0.2) is 0 Å². The number of rotatable bonds is 3. The topological polar surface area (TPSA) is 26.0 Å². The maximum atomic E-state index is 6.41. The molecule has 0 aliphatic heterocycles. The van der Waals surface area contributed by atoms with E-state index in [2.05, 4.69) is 29.6 Å².